The van der Waals surface area contributed by atoms with Gasteiger partial charge >= 0.3 is 0 Å². The Labute approximate surface area is 131 Å². The van der Waals surface area contributed by atoms with E-state index in [1.807, 2.05) is 6.92 Å². The Bertz CT molecular complexity index is 371. The second-order valence-corrected chi connectivity index (χ2v) is 5.61. The maximum absolute atomic E-state index is 5.52. The van der Waals surface area contributed by atoms with Crippen LogP contribution in [-0.2, 0) is 11.2 Å². The molecule has 20 heavy (non-hydrogen) atoms. The lowest BCUT2D eigenvalue weighted by atomic mass is 10.1. The monoisotopic (exact) mass is 343 g/mol. The van der Waals surface area contributed by atoms with Gasteiger partial charge in [-0.1, -0.05) is 12.5 Å². The third-order valence-corrected chi connectivity index (χ3v) is 3.72. The van der Waals surface area contributed by atoms with E-state index in [0.717, 1.165) is 36.3 Å². The van der Waals surface area contributed by atoms with Gasteiger partial charge in [-0.2, -0.15) is 0 Å². The van der Waals surface area contributed by atoms with E-state index in [9.17, 15) is 0 Å². The number of benzene rings is 1. The molecule has 0 aliphatic heterocycles. The first-order chi connectivity index (χ1) is 9.77. The van der Waals surface area contributed by atoms with Gasteiger partial charge in [0, 0.05) is 13.7 Å². The summed E-state index contributed by atoms with van der Waals surface area (Å²) in [6.07, 6.45) is 4.84. The molecule has 0 fully saturated rings. The first kappa shape index (κ1) is 17.5. The maximum atomic E-state index is 5.52. The van der Waals surface area contributed by atoms with Crippen molar-refractivity contribution in [1.82, 2.24) is 5.32 Å². The van der Waals surface area contributed by atoms with Crippen LogP contribution < -0.4 is 10.1 Å². The smallest absolute Gasteiger partial charge is 0.133 e. The number of hydrogen-bond donors (Lipinski definition) is 1. The highest BCUT2D eigenvalue weighted by molar-refractivity contribution is 9.10. The number of halogens is 1. The highest BCUT2D eigenvalue weighted by Gasteiger charge is 2.02. The summed E-state index contributed by atoms with van der Waals surface area (Å²) in [6, 6.07) is 6.38. The molecule has 1 N–H and O–H groups in total. The molecule has 1 rings (SSSR count). The topological polar surface area (TPSA) is 30.5 Å². The molecule has 0 unspecified atom stereocenters. The van der Waals surface area contributed by atoms with Crippen LogP contribution in [0.15, 0.2) is 22.7 Å². The van der Waals surface area contributed by atoms with Crippen LogP contribution in [-0.4, -0.2) is 33.4 Å². The molecule has 0 aliphatic rings. The number of ether oxygens (including phenoxy) is 2. The minimum atomic E-state index is 0.702. The quantitative estimate of drug-likeness (QED) is 0.620. The van der Waals surface area contributed by atoms with Crippen LogP contribution >= 0.6 is 15.9 Å². The van der Waals surface area contributed by atoms with Gasteiger partial charge in [0.2, 0.25) is 0 Å². The van der Waals surface area contributed by atoms with Gasteiger partial charge in [0.15, 0.2) is 0 Å². The summed E-state index contributed by atoms with van der Waals surface area (Å²) in [5.41, 5.74) is 1.37. The lowest BCUT2D eigenvalue weighted by Crippen LogP contribution is -2.20. The largest absolute Gasteiger partial charge is 0.493 e. The van der Waals surface area contributed by atoms with E-state index in [0.29, 0.717) is 6.61 Å². The molecule has 1 aromatic rings. The standard InChI is InChI=1S/C16H26BrNO2/c1-3-20-16-9-8-14(13-15(16)17)7-5-4-6-10-18-11-12-19-2/h8-9,13,18H,3-7,10-12H2,1-2H3. The molecule has 0 saturated carbocycles. The Morgan fingerprint density at radius 2 is 2.00 bits per heavy atom. The zero-order chi connectivity index (χ0) is 14.6. The van der Waals surface area contributed by atoms with Crippen LogP contribution in [0.4, 0.5) is 0 Å². The minimum absolute atomic E-state index is 0.702. The van der Waals surface area contributed by atoms with Crippen LogP contribution in [0.3, 0.4) is 0 Å². The lowest BCUT2D eigenvalue weighted by molar-refractivity contribution is 0.199. The third-order valence-electron chi connectivity index (χ3n) is 3.10. The van der Waals surface area contributed by atoms with Gasteiger partial charge in [-0.05, 0) is 66.4 Å². The number of methoxy groups -OCH3 is 1. The zero-order valence-corrected chi connectivity index (χ0v) is 14.2. The molecular weight excluding hydrogens is 318 g/mol. The van der Waals surface area contributed by atoms with Crippen molar-refractivity contribution in [1.29, 1.82) is 0 Å². The Morgan fingerprint density at radius 1 is 1.15 bits per heavy atom. The Hall–Kier alpha value is -0.580. The SMILES string of the molecule is CCOc1ccc(CCCCCNCCOC)cc1Br. The summed E-state index contributed by atoms with van der Waals surface area (Å²) >= 11 is 3.56. The molecule has 4 heteroatoms. The Kier molecular flexibility index (Phi) is 9.71. The fraction of sp³-hybridized carbons (Fsp3) is 0.625. The normalized spacial score (nSPS) is 10.8. The number of nitrogens with one attached hydrogen (secondary N) is 1. The fourth-order valence-electron chi connectivity index (χ4n) is 2.03. The van der Waals surface area contributed by atoms with Gasteiger partial charge in [0.05, 0.1) is 17.7 Å². The average molecular weight is 344 g/mol. The van der Waals surface area contributed by atoms with Crippen molar-refractivity contribution in [3.63, 3.8) is 0 Å². The highest BCUT2D eigenvalue weighted by Crippen LogP contribution is 2.26. The molecule has 0 amide bonds. The van der Waals surface area contributed by atoms with Crippen molar-refractivity contribution in [2.45, 2.75) is 32.6 Å². The van der Waals surface area contributed by atoms with E-state index in [-0.39, 0.29) is 0 Å². The summed E-state index contributed by atoms with van der Waals surface area (Å²) in [5.74, 6) is 0.929. The number of unbranched alkanes of at least 4 members (excludes halogenated alkanes) is 2. The summed E-state index contributed by atoms with van der Waals surface area (Å²) < 4.78 is 11.6. The van der Waals surface area contributed by atoms with Gasteiger partial charge in [-0.15, -0.1) is 0 Å². The molecule has 0 bridgehead atoms. The summed E-state index contributed by atoms with van der Waals surface area (Å²) in [5, 5.41) is 3.37. The molecule has 114 valence electrons. The summed E-state index contributed by atoms with van der Waals surface area (Å²) in [6.45, 7) is 5.52. The van der Waals surface area contributed by atoms with E-state index in [2.05, 4.69) is 39.4 Å². The van der Waals surface area contributed by atoms with E-state index in [1.54, 1.807) is 7.11 Å². The maximum Gasteiger partial charge on any atom is 0.133 e. The average Bonchev–Trinajstić information content (AvgIpc) is 2.45. The van der Waals surface area contributed by atoms with Crippen LogP contribution in [0, 0.1) is 0 Å². The second kappa shape index (κ2) is 11.1. The third kappa shape index (κ3) is 7.27. The van der Waals surface area contributed by atoms with Crippen molar-refractivity contribution in [3.05, 3.63) is 28.2 Å². The van der Waals surface area contributed by atoms with E-state index >= 15 is 0 Å². The molecular formula is C16H26BrNO2. The van der Waals surface area contributed by atoms with Gasteiger partial charge in [-0.25, -0.2) is 0 Å². The van der Waals surface area contributed by atoms with Crippen molar-refractivity contribution >= 4 is 15.9 Å². The predicted octanol–water partition coefficient (Wildman–Crippen LogP) is 3.80. The Morgan fingerprint density at radius 3 is 2.70 bits per heavy atom. The Balaban J connectivity index is 2.14. The molecule has 0 spiro atoms. The molecule has 1 aromatic carbocycles. The predicted molar refractivity (Wildman–Crippen MR) is 87.6 cm³/mol. The van der Waals surface area contributed by atoms with E-state index in [1.165, 1.54) is 24.8 Å². The highest BCUT2D eigenvalue weighted by atomic mass is 79.9. The number of rotatable bonds is 11. The van der Waals surface area contributed by atoms with Gasteiger partial charge < -0.3 is 14.8 Å². The fourth-order valence-corrected chi connectivity index (χ4v) is 2.57. The van der Waals surface area contributed by atoms with E-state index < -0.39 is 0 Å². The molecule has 0 radical (unpaired) electrons. The molecule has 0 atom stereocenters. The minimum Gasteiger partial charge on any atom is -0.493 e. The molecule has 0 aliphatic carbocycles. The second-order valence-electron chi connectivity index (χ2n) is 4.75. The van der Waals surface area contributed by atoms with Crippen LogP contribution in [0.5, 0.6) is 5.75 Å². The van der Waals surface area contributed by atoms with Crippen molar-refractivity contribution < 1.29 is 9.47 Å². The van der Waals surface area contributed by atoms with Crippen LogP contribution in [0.2, 0.25) is 0 Å². The van der Waals surface area contributed by atoms with Gasteiger partial charge in [0.1, 0.15) is 5.75 Å². The van der Waals surface area contributed by atoms with Crippen molar-refractivity contribution in [2.24, 2.45) is 0 Å². The van der Waals surface area contributed by atoms with Crippen molar-refractivity contribution in [3.8, 4) is 5.75 Å². The molecule has 0 aromatic heterocycles. The zero-order valence-electron chi connectivity index (χ0n) is 12.6. The summed E-state index contributed by atoms with van der Waals surface area (Å²) in [4.78, 5) is 0. The van der Waals surface area contributed by atoms with Gasteiger partial charge in [0.25, 0.3) is 0 Å². The summed E-state index contributed by atoms with van der Waals surface area (Å²) in [7, 11) is 1.73. The van der Waals surface area contributed by atoms with Crippen LogP contribution in [0.1, 0.15) is 31.7 Å². The number of hydrogen-bond acceptors (Lipinski definition) is 3. The molecule has 0 heterocycles. The van der Waals surface area contributed by atoms with E-state index in [4.69, 9.17) is 9.47 Å². The number of aryl methyl sites for hydroxylation is 1. The first-order valence-electron chi connectivity index (χ1n) is 7.38. The van der Waals surface area contributed by atoms with Crippen molar-refractivity contribution in [2.75, 3.05) is 33.4 Å². The molecule has 0 saturated heterocycles. The van der Waals surface area contributed by atoms with Crippen LogP contribution in [0.25, 0.3) is 0 Å². The first-order valence-corrected chi connectivity index (χ1v) is 8.18. The lowest BCUT2D eigenvalue weighted by Gasteiger charge is -2.08. The van der Waals surface area contributed by atoms with Gasteiger partial charge in [-0.3, -0.25) is 0 Å². The molecule has 3 nitrogen and oxygen atoms in total.